The third kappa shape index (κ3) is 1.75. The van der Waals surface area contributed by atoms with Crippen molar-refractivity contribution >= 4 is 50.2 Å². The Morgan fingerprint density at radius 2 is 1.69 bits per heavy atom. The Balaban J connectivity index is 2.81. The molecule has 2 aromatic heterocycles. The zero-order valence-electron chi connectivity index (χ0n) is 6.13. The molecule has 6 heteroatoms. The molecule has 2 rings (SSSR count). The van der Waals surface area contributed by atoms with E-state index in [1.807, 2.05) is 0 Å². The molecule has 0 saturated carbocycles. The highest BCUT2D eigenvalue weighted by Gasteiger charge is 2.04. The van der Waals surface area contributed by atoms with Crippen molar-refractivity contribution in [1.29, 1.82) is 0 Å². The Labute approximate surface area is 92.2 Å². The van der Waals surface area contributed by atoms with E-state index in [-0.39, 0.29) is 10.3 Å². The van der Waals surface area contributed by atoms with Crippen LogP contribution in [0.5, 0.6) is 0 Å². The van der Waals surface area contributed by atoms with Crippen molar-refractivity contribution in [3.63, 3.8) is 0 Å². The lowest BCUT2D eigenvalue weighted by Crippen LogP contribution is -1.88. The van der Waals surface area contributed by atoms with E-state index in [1.165, 1.54) is 0 Å². The monoisotopic (exact) mass is 277 g/mol. The second-order valence-corrected chi connectivity index (χ2v) is 3.83. The predicted molar refractivity (Wildman–Crippen MR) is 55.1 cm³/mol. The molecule has 0 radical (unpaired) electrons. The van der Waals surface area contributed by atoms with E-state index >= 15 is 0 Å². The second kappa shape index (κ2) is 3.36. The van der Waals surface area contributed by atoms with Crippen molar-refractivity contribution in [2.24, 2.45) is 0 Å². The molecule has 0 spiro atoms. The van der Waals surface area contributed by atoms with Gasteiger partial charge >= 0.3 is 0 Å². The highest BCUT2D eigenvalue weighted by molar-refractivity contribution is 9.10. The fourth-order valence-corrected chi connectivity index (χ4v) is 1.48. The van der Waals surface area contributed by atoms with E-state index < -0.39 is 0 Å². The van der Waals surface area contributed by atoms with E-state index in [1.54, 1.807) is 12.3 Å². The van der Waals surface area contributed by atoms with E-state index in [0.717, 1.165) is 0 Å². The Hall–Kier alpha value is -0.450. The summed E-state index contributed by atoms with van der Waals surface area (Å²) in [7, 11) is 0. The van der Waals surface area contributed by atoms with Gasteiger partial charge in [-0.05, 0) is 22.0 Å². The normalized spacial score (nSPS) is 10.7. The first-order valence-corrected chi connectivity index (χ1v) is 4.86. The number of rotatable bonds is 0. The standard InChI is InChI=1S/C7H2BrCl2N3/c8-5-1-3-4(2-11-5)13-7(10)6(9)12-3/h1-2H. The fourth-order valence-electron chi connectivity index (χ4n) is 0.892. The lowest BCUT2D eigenvalue weighted by atomic mass is 10.4. The number of halogens is 3. The van der Waals surface area contributed by atoms with Crippen molar-refractivity contribution in [2.45, 2.75) is 0 Å². The molecule has 3 nitrogen and oxygen atoms in total. The first kappa shape index (κ1) is 9.12. The SMILES string of the molecule is Clc1nc2cnc(Br)cc2nc1Cl. The molecule has 0 aliphatic rings. The van der Waals surface area contributed by atoms with Gasteiger partial charge in [-0.3, -0.25) is 0 Å². The quantitative estimate of drug-likeness (QED) is 0.695. The highest BCUT2D eigenvalue weighted by Crippen LogP contribution is 2.21. The van der Waals surface area contributed by atoms with Gasteiger partial charge in [-0.1, -0.05) is 23.2 Å². The smallest absolute Gasteiger partial charge is 0.167 e. The maximum Gasteiger partial charge on any atom is 0.167 e. The summed E-state index contributed by atoms with van der Waals surface area (Å²) in [5.41, 5.74) is 1.29. The van der Waals surface area contributed by atoms with E-state index in [9.17, 15) is 0 Å². The van der Waals surface area contributed by atoms with Crippen LogP contribution in [0.15, 0.2) is 16.9 Å². The first-order valence-electron chi connectivity index (χ1n) is 3.31. The number of aromatic nitrogens is 3. The minimum Gasteiger partial charge on any atom is -0.247 e. The van der Waals surface area contributed by atoms with Gasteiger partial charge in [0.25, 0.3) is 0 Å². The van der Waals surface area contributed by atoms with E-state index in [4.69, 9.17) is 23.2 Å². The zero-order chi connectivity index (χ0) is 9.42. The summed E-state index contributed by atoms with van der Waals surface area (Å²) >= 11 is 14.6. The number of nitrogens with zero attached hydrogens (tertiary/aromatic N) is 3. The average Bonchev–Trinajstić information content (AvgIpc) is 2.08. The molecule has 0 atom stereocenters. The molecule has 0 saturated heterocycles. The maximum atomic E-state index is 5.70. The van der Waals surface area contributed by atoms with Crippen LogP contribution in [0.1, 0.15) is 0 Å². The molecule has 0 aliphatic heterocycles. The molecule has 2 heterocycles. The minimum atomic E-state index is 0.193. The molecule has 0 amide bonds. The average molecular weight is 279 g/mol. The van der Waals surface area contributed by atoms with Gasteiger partial charge in [0.05, 0.1) is 11.7 Å². The van der Waals surface area contributed by atoms with Crippen LogP contribution in [-0.4, -0.2) is 15.0 Å². The van der Waals surface area contributed by atoms with E-state index in [2.05, 4.69) is 30.9 Å². The van der Waals surface area contributed by atoms with Crippen molar-refractivity contribution in [2.75, 3.05) is 0 Å². The molecular formula is C7H2BrCl2N3. The summed E-state index contributed by atoms with van der Waals surface area (Å²) in [6.07, 6.45) is 1.58. The van der Waals surface area contributed by atoms with Gasteiger partial charge < -0.3 is 0 Å². The third-order valence-corrected chi connectivity index (χ3v) is 2.49. The molecule has 0 unspecified atom stereocenters. The van der Waals surface area contributed by atoms with Crippen LogP contribution < -0.4 is 0 Å². The lowest BCUT2D eigenvalue weighted by Gasteiger charge is -1.98. The molecule has 0 aromatic carbocycles. The molecular weight excluding hydrogens is 277 g/mol. The minimum absolute atomic E-state index is 0.193. The Morgan fingerprint density at radius 3 is 2.38 bits per heavy atom. The van der Waals surface area contributed by atoms with Crippen LogP contribution in [0.25, 0.3) is 11.0 Å². The Kier molecular flexibility index (Phi) is 2.36. The molecule has 2 aromatic rings. The van der Waals surface area contributed by atoms with Gasteiger partial charge in [0.2, 0.25) is 0 Å². The highest BCUT2D eigenvalue weighted by atomic mass is 79.9. The van der Waals surface area contributed by atoms with E-state index in [0.29, 0.717) is 15.6 Å². The lowest BCUT2D eigenvalue weighted by molar-refractivity contribution is 1.23. The van der Waals surface area contributed by atoms with Gasteiger partial charge in [-0.2, -0.15) is 0 Å². The molecule has 0 bridgehead atoms. The Morgan fingerprint density at radius 1 is 1.08 bits per heavy atom. The molecule has 13 heavy (non-hydrogen) atoms. The zero-order valence-corrected chi connectivity index (χ0v) is 9.23. The molecule has 66 valence electrons. The number of fused-ring (bicyclic) bond motifs is 1. The summed E-state index contributed by atoms with van der Waals surface area (Å²) in [4.78, 5) is 12.0. The van der Waals surface area contributed by atoms with Crippen LogP contribution in [0.3, 0.4) is 0 Å². The molecule has 0 N–H and O–H groups in total. The van der Waals surface area contributed by atoms with Crippen LogP contribution in [0.4, 0.5) is 0 Å². The molecule has 0 aliphatic carbocycles. The van der Waals surface area contributed by atoms with Crippen LogP contribution in [0.2, 0.25) is 10.3 Å². The summed E-state index contributed by atoms with van der Waals surface area (Å²) in [6.45, 7) is 0. The van der Waals surface area contributed by atoms with Gasteiger partial charge in [0, 0.05) is 0 Å². The first-order chi connectivity index (χ1) is 6.16. The number of hydrogen-bond acceptors (Lipinski definition) is 3. The van der Waals surface area contributed by atoms with Crippen molar-refractivity contribution < 1.29 is 0 Å². The topological polar surface area (TPSA) is 38.7 Å². The summed E-state index contributed by atoms with van der Waals surface area (Å²) in [5.74, 6) is 0. The number of pyridine rings is 1. The summed E-state index contributed by atoms with van der Waals surface area (Å²) in [5, 5.41) is 0.394. The van der Waals surface area contributed by atoms with Crippen LogP contribution in [-0.2, 0) is 0 Å². The molecule has 0 fully saturated rings. The predicted octanol–water partition coefficient (Wildman–Crippen LogP) is 3.09. The van der Waals surface area contributed by atoms with Crippen LogP contribution in [0, 0.1) is 0 Å². The Bertz CT molecular complexity index is 474. The second-order valence-electron chi connectivity index (χ2n) is 2.30. The largest absolute Gasteiger partial charge is 0.247 e. The summed E-state index contributed by atoms with van der Waals surface area (Å²) < 4.78 is 0.688. The third-order valence-electron chi connectivity index (χ3n) is 1.44. The van der Waals surface area contributed by atoms with Gasteiger partial charge in [0.1, 0.15) is 10.1 Å². The van der Waals surface area contributed by atoms with Crippen molar-refractivity contribution in [1.82, 2.24) is 15.0 Å². The van der Waals surface area contributed by atoms with Gasteiger partial charge in [-0.15, -0.1) is 0 Å². The van der Waals surface area contributed by atoms with Gasteiger partial charge in [-0.25, -0.2) is 15.0 Å². The van der Waals surface area contributed by atoms with Crippen molar-refractivity contribution in [3.8, 4) is 0 Å². The number of hydrogen-bond donors (Lipinski definition) is 0. The van der Waals surface area contributed by atoms with Crippen molar-refractivity contribution in [3.05, 3.63) is 27.2 Å². The fraction of sp³-hybridized carbons (Fsp3) is 0. The van der Waals surface area contributed by atoms with Gasteiger partial charge in [0.15, 0.2) is 10.3 Å². The summed E-state index contributed by atoms with van der Waals surface area (Å²) in [6, 6.07) is 1.73. The maximum absolute atomic E-state index is 5.70. The van der Waals surface area contributed by atoms with Crippen LogP contribution >= 0.6 is 39.1 Å².